The van der Waals surface area contributed by atoms with Crippen molar-refractivity contribution in [2.75, 3.05) is 7.11 Å². The zero-order valence-corrected chi connectivity index (χ0v) is 9.10. The zero-order chi connectivity index (χ0) is 10.8. The predicted octanol–water partition coefficient (Wildman–Crippen LogP) is 1.35. The Bertz CT molecular complexity index is 373. The highest BCUT2D eigenvalue weighted by Gasteiger charge is 2.23. The van der Waals surface area contributed by atoms with Crippen LogP contribution < -0.4 is 10.1 Å². The Morgan fingerprint density at radius 2 is 2.40 bits per heavy atom. The van der Waals surface area contributed by atoms with Gasteiger partial charge in [0, 0.05) is 6.04 Å². The Morgan fingerprint density at radius 1 is 1.67 bits per heavy atom. The summed E-state index contributed by atoms with van der Waals surface area (Å²) < 4.78 is 4.87. The number of methoxy groups -OCH3 is 1. The van der Waals surface area contributed by atoms with Crippen molar-refractivity contribution in [2.45, 2.75) is 25.3 Å². The summed E-state index contributed by atoms with van der Waals surface area (Å²) in [5.74, 6) is 0.0240. The summed E-state index contributed by atoms with van der Waals surface area (Å²) >= 11 is 5.88. The van der Waals surface area contributed by atoms with Gasteiger partial charge in [-0.1, -0.05) is 11.6 Å². The highest BCUT2D eigenvalue weighted by Crippen LogP contribution is 2.25. The van der Waals surface area contributed by atoms with Crippen molar-refractivity contribution in [3.63, 3.8) is 0 Å². The number of aromatic amines is 1. The first-order valence-electron chi connectivity index (χ1n) is 4.81. The summed E-state index contributed by atoms with van der Waals surface area (Å²) in [7, 11) is 1.45. The number of hydrogen-bond acceptors (Lipinski definition) is 3. The molecule has 1 heterocycles. The van der Waals surface area contributed by atoms with Crippen LogP contribution in [0.4, 0.5) is 0 Å². The third-order valence-electron chi connectivity index (χ3n) is 2.54. The van der Waals surface area contributed by atoms with Gasteiger partial charge in [0.05, 0.1) is 7.11 Å². The maximum absolute atomic E-state index is 11.7. The smallest absolute Gasteiger partial charge is 0.271 e. The average molecular weight is 230 g/mol. The van der Waals surface area contributed by atoms with Gasteiger partial charge in [0.15, 0.2) is 0 Å². The molecule has 82 valence electrons. The van der Waals surface area contributed by atoms with Gasteiger partial charge >= 0.3 is 0 Å². The number of ether oxygens (including phenoxy) is 1. The SMILES string of the molecule is COc1n[nH]c(C(=O)NC2CCC2)c1Cl. The first-order chi connectivity index (χ1) is 7.22. The Hall–Kier alpha value is -1.23. The molecule has 1 aliphatic carbocycles. The molecule has 15 heavy (non-hydrogen) atoms. The largest absolute Gasteiger partial charge is 0.479 e. The molecule has 1 aliphatic rings. The van der Waals surface area contributed by atoms with E-state index in [1.807, 2.05) is 0 Å². The van der Waals surface area contributed by atoms with Gasteiger partial charge in [0.1, 0.15) is 10.7 Å². The minimum atomic E-state index is -0.222. The number of nitrogens with zero attached hydrogens (tertiary/aromatic N) is 1. The van der Waals surface area contributed by atoms with Crippen molar-refractivity contribution in [1.29, 1.82) is 0 Å². The van der Waals surface area contributed by atoms with Gasteiger partial charge in [0.2, 0.25) is 0 Å². The minimum absolute atomic E-state index is 0.222. The summed E-state index contributed by atoms with van der Waals surface area (Å²) in [6.07, 6.45) is 3.24. The lowest BCUT2D eigenvalue weighted by molar-refractivity contribution is 0.0912. The molecule has 1 fully saturated rings. The fraction of sp³-hybridized carbons (Fsp3) is 0.556. The van der Waals surface area contributed by atoms with E-state index in [2.05, 4.69) is 15.5 Å². The molecule has 1 amide bonds. The van der Waals surface area contributed by atoms with E-state index in [1.165, 1.54) is 13.5 Å². The number of rotatable bonds is 3. The summed E-state index contributed by atoms with van der Waals surface area (Å²) in [5.41, 5.74) is 0.264. The molecule has 0 unspecified atom stereocenters. The molecule has 0 atom stereocenters. The second-order valence-corrected chi connectivity index (χ2v) is 3.90. The average Bonchev–Trinajstić information content (AvgIpc) is 2.53. The number of H-pyrrole nitrogens is 1. The number of carbonyl (C=O) groups excluding carboxylic acids is 1. The number of aromatic nitrogens is 2. The van der Waals surface area contributed by atoms with Crippen molar-refractivity contribution >= 4 is 17.5 Å². The van der Waals surface area contributed by atoms with Gasteiger partial charge in [-0.25, -0.2) is 0 Å². The zero-order valence-electron chi connectivity index (χ0n) is 8.34. The second kappa shape index (κ2) is 4.10. The van der Waals surface area contributed by atoms with E-state index < -0.39 is 0 Å². The van der Waals surface area contributed by atoms with Crippen molar-refractivity contribution in [2.24, 2.45) is 0 Å². The summed E-state index contributed by atoms with van der Waals surface area (Å²) in [4.78, 5) is 11.7. The molecule has 2 N–H and O–H groups in total. The molecular weight excluding hydrogens is 218 g/mol. The third-order valence-corrected chi connectivity index (χ3v) is 2.89. The topological polar surface area (TPSA) is 67.0 Å². The van der Waals surface area contributed by atoms with Crippen LogP contribution in [-0.2, 0) is 0 Å². The Morgan fingerprint density at radius 3 is 2.87 bits per heavy atom. The van der Waals surface area contributed by atoms with Crippen molar-refractivity contribution in [3.8, 4) is 5.88 Å². The molecule has 1 saturated carbocycles. The van der Waals surface area contributed by atoms with Gasteiger partial charge in [-0.3, -0.25) is 9.89 Å². The normalized spacial score (nSPS) is 15.9. The van der Waals surface area contributed by atoms with Crippen LogP contribution in [0.2, 0.25) is 5.02 Å². The highest BCUT2D eigenvalue weighted by molar-refractivity contribution is 6.34. The molecule has 0 radical (unpaired) electrons. The van der Waals surface area contributed by atoms with Crippen LogP contribution in [0.25, 0.3) is 0 Å². The van der Waals surface area contributed by atoms with Gasteiger partial charge < -0.3 is 10.1 Å². The minimum Gasteiger partial charge on any atom is -0.479 e. The van der Waals surface area contributed by atoms with Crippen LogP contribution in [0.5, 0.6) is 5.88 Å². The molecule has 0 bridgehead atoms. The molecule has 0 saturated heterocycles. The maximum atomic E-state index is 11.7. The monoisotopic (exact) mass is 229 g/mol. The Balaban J connectivity index is 2.07. The Labute approximate surface area is 92.1 Å². The molecule has 5 nitrogen and oxygen atoms in total. The van der Waals surface area contributed by atoms with Crippen LogP contribution in [0, 0.1) is 0 Å². The quantitative estimate of drug-likeness (QED) is 0.822. The van der Waals surface area contributed by atoms with Crippen LogP contribution in [0.3, 0.4) is 0 Å². The lowest BCUT2D eigenvalue weighted by atomic mass is 9.93. The molecule has 1 aromatic heterocycles. The van der Waals surface area contributed by atoms with E-state index in [0.717, 1.165) is 12.8 Å². The molecule has 2 rings (SSSR count). The standard InChI is InChI=1S/C9H12ClN3O2/c1-15-9-6(10)7(12-13-9)8(14)11-5-3-2-4-5/h5H,2-4H2,1H3,(H,11,14)(H,12,13). The molecule has 6 heteroatoms. The lowest BCUT2D eigenvalue weighted by Gasteiger charge is -2.25. The van der Waals surface area contributed by atoms with Gasteiger partial charge in [-0.2, -0.15) is 0 Å². The van der Waals surface area contributed by atoms with Crippen LogP contribution >= 0.6 is 11.6 Å². The van der Waals surface area contributed by atoms with Crippen molar-refractivity contribution in [1.82, 2.24) is 15.5 Å². The fourth-order valence-corrected chi connectivity index (χ4v) is 1.66. The van der Waals surface area contributed by atoms with Crippen LogP contribution in [0.15, 0.2) is 0 Å². The first kappa shape index (κ1) is 10.3. The number of nitrogens with one attached hydrogen (secondary N) is 2. The lowest BCUT2D eigenvalue weighted by Crippen LogP contribution is -2.39. The van der Waals surface area contributed by atoms with E-state index in [1.54, 1.807) is 0 Å². The molecule has 0 aromatic carbocycles. The van der Waals surface area contributed by atoms with E-state index in [0.29, 0.717) is 0 Å². The van der Waals surface area contributed by atoms with Gasteiger partial charge in [0.25, 0.3) is 11.8 Å². The fourth-order valence-electron chi connectivity index (χ4n) is 1.41. The summed E-state index contributed by atoms with van der Waals surface area (Å²) in [5, 5.41) is 9.42. The summed E-state index contributed by atoms with van der Waals surface area (Å²) in [6, 6.07) is 0.280. The van der Waals surface area contributed by atoms with E-state index in [-0.39, 0.29) is 28.5 Å². The van der Waals surface area contributed by atoms with Gasteiger partial charge in [-0.15, -0.1) is 5.10 Å². The highest BCUT2D eigenvalue weighted by atomic mass is 35.5. The first-order valence-corrected chi connectivity index (χ1v) is 5.19. The number of halogens is 1. The number of amides is 1. The molecule has 1 aromatic rings. The van der Waals surface area contributed by atoms with Crippen LogP contribution in [-0.4, -0.2) is 29.3 Å². The van der Waals surface area contributed by atoms with Crippen molar-refractivity contribution < 1.29 is 9.53 Å². The van der Waals surface area contributed by atoms with Crippen LogP contribution in [0.1, 0.15) is 29.8 Å². The predicted molar refractivity (Wildman–Crippen MR) is 55.3 cm³/mol. The molecule has 0 aliphatic heterocycles. The van der Waals surface area contributed by atoms with E-state index >= 15 is 0 Å². The van der Waals surface area contributed by atoms with E-state index in [9.17, 15) is 4.79 Å². The molecular formula is C9H12ClN3O2. The number of carbonyl (C=O) groups is 1. The van der Waals surface area contributed by atoms with Crippen molar-refractivity contribution in [3.05, 3.63) is 10.7 Å². The van der Waals surface area contributed by atoms with Gasteiger partial charge in [-0.05, 0) is 19.3 Å². The van der Waals surface area contributed by atoms with E-state index in [4.69, 9.17) is 16.3 Å². The third kappa shape index (κ3) is 1.92. The number of hydrogen-bond donors (Lipinski definition) is 2. The summed E-state index contributed by atoms with van der Waals surface area (Å²) in [6.45, 7) is 0. The maximum Gasteiger partial charge on any atom is 0.271 e. The molecule has 0 spiro atoms. The Kier molecular flexibility index (Phi) is 2.81. The second-order valence-electron chi connectivity index (χ2n) is 3.52.